The molecule has 4 aromatic rings. The maximum Gasteiger partial charge on any atom is 0.417 e. The largest absolute Gasteiger partial charge is 0.846 e. The van der Waals surface area contributed by atoms with Crippen molar-refractivity contribution < 1.29 is 27.5 Å². The summed E-state index contributed by atoms with van der Waals surface area (Å²) in [7, 11) is 0. The lowest BCUT2D eigenvalue weighted by molar-refractivity contribution is -0.754. The van der Waals surface area contributed by atoms with Gasteiger partial charge in [-0.05, 0) is 30.2 Å². The summed E-state index contributed by atoms with van der Waals surface area (Å²) >= 11 is 0. The first-order valence-corrected chi connectivity index (χ1v) is 9.98. The maximum atomic E-state index is 12.8. The van der Waals surface area contributed by atoms with Crippen molar-refractivity contribution >= 4 is 17.6 Å². The van der Waals surface area contributed by atoms with Gasteiger partial charge in [-0.15, -0.1) is 0 Å². The first kappa shape index (κ1) is 22.8. The number of pyridine rings is 1. The van der Waals surface area contributed by atoms with Gasteiger partial charge in [0.2, 0.25) is 11.8 Å². The number of alkyl halides is 3. The Labute approximate surface area is 191 Å². The Hall–Kier alpha value is -4.35. The SMILES string of the molecule is Cc1ncnc(C)c1-c1ccc(C[n+]2cc(N=C([O-])Nc3cncc(C(F)(F)F)c3)on2)cc1. The molecule has 3 aromatic heterocycles. The standard InChI is InChI=1S/C22H18F3N7O2/c1-13-20(14(2)28-12-27-13)16-5-3-15(4-6-16)10-32-11-19(34-31-32)30-21(33)29-18-7-17(8-26-9-18)22(23,24)25/h3-9,11-12H,10H2,1-2H3,(H-,29,30,31,33). The second-order valence-electron chi connectivity index (χ2n) is 7.36. The number of nitrogens with one attached hydrogen (secondary N) is 1. The summed E-state index contributed by atoms with van der Waals surface area (Å²) in [6.07, 6.45) is 0.0958. The van der Waals surface area contributed by atoms with E-state index in [1.165, 1.54) is 17.2 Å². The van der Waals surface area contributed by atoms with Gasteiger partial charge in [-0.25, -0.2) is 15.0 Å². The van der Waals surface area contributed by atoms with Gasteiger partial charge in [0.1, 0.15) is 6.33 Å². The van der Waals surface area contributed by atoms with Crippen LogP contribution < -0.4 is 15.1 Å². The molecule has 1 N–H and O–H groups in total. The molecule has 0 spiro atoms. The molecule has 0 atom stereocenters. The number of aryl methyl sites for hydroxylation is 2. The van der Waals surface area contributed by atoms with Gasteiger partial charge in [-0.3, -0.25) is 9.51 Å². The number of hydrogen-bond acceptors (Lipinski definition) is 7. The molecule has 0 saturated carbocycles. The highest BCUT2D eigenvalue weighted by Gasteiger charge is 2.31. The molecule has 0 aliphatic rings. The fourth-order valence-electron chi connectivity index (χ4n) is 3.28. The summed E-state index contributed by atoms with van der Waals surface area (Å²) in [4.78, 5) is 15.6. The number of nitrogens with zero attached hydrogens (tertiary/aromatic N) is 6. The van der Waals surface area contributed by atoms with Crippen LogP contribution in [0.4, 0.5) is 24.7 Å². The molecule has 0 radical (unpaired) electrons. The number of aromatic nitrogens is 5. The van der Waals surface area contributed by atoms with E-state index in [-0.39, 0.29) is 11.6 Å². The van der Waals surface area contributed by atoms with E-state index in [9.17, 15) is 18.3 Å². The Morgan fingerprint density at radius 1 is 1.12 bits per heavy atom. The molecular formula is C22H18F3N7O2. The molecule has 4 rings (SSSR count). The van der Waals surface area contributed by atoms with E-state index in [2.05, 4.69) is 30.5 Å². The Kier molecular flexibility index (Phi) is 6.21. The first-order valence-electron chi connectivity index (χ1n) is 9.98. The predicted octanol–water partition coefficient (Wildman–Crippen LogP) is 2.96. The van der Waals surface area contributed by atoms with Crippen LogP contribution in [0.2, 0.25) is 0 Å². The number of benzene rings is 1. The summed E-state index contributed by atoms with van der Waals surface area (Å²) in [5.41, 5.74) is 3.52. The van der Waals surface area contributed by atoms with Crippen LogP contribution in [0, 0.1) is 13.8 Å². The molecule has 9 nitrogen and oxygen atoms in total. The number of hydrogen-bond donors (Lipinski definition) is 1. The molecule has 0 aliphatic heterocycles. The van der Waals surface area contributed by atoms with E-state index >= 15 is 0 Å². The van der Waals surface area contributed by atoms with E-state index in [1.807, 2.05) is 38.1 Å². The van der Waals surface area contributed by atoms with Crippen LogP contribution in [0.5, 0.6) is 0 Å². The van der Waals surface area contributed by atoms with E-state index in [0.29, 0.717) is 12.7 Å². The number of amidine groups is 1. The molecule has 0 saturated heterocycles. The molecule has 174 valence electrons. The van der Waals surface area contributed by atoms with Crippen molar-refractivity contribution in [2.24, 2.45) is 4.99 Å². The third kappa shape index (κ3) is 5.34. The van der Waals surface area contributed by atoms with Crippen LogP contribution in [-0.4, -0.2) is 26.2 Å². The monoisotopic (exact) mass is 469 g/mol. The molecule has 1 aromatic carbocycles. The van der Waals surface area contributed by atoms with Gasteiger partial charge >= 0.3 is 12.1 Å². The van der Waals surface area contributed by atoms with Crippen LogP contribution in [-0.2, 0) is 12.7 Å². The van der Waals surface area contributed by atoms with Gasteiger partial charge < -0.3 is 10.4 Å². The van der Waals surface area contributed by atoms with Crippen molar-refractivity contribution in [2.45, 2.75) is 26.6 Å². The van der Waals surface area contributed by atoms with Gasteiger partial charge in [0, 0.05) is 28.7 Å². The molecule has 12 heteroatoms. The van der Waals surface area contributed by atoms with E-state index in [0.717, 1.165) is 40.3 Å². The zero-order valence-corrected chi connectivity index (χ0v) is 18.0. The van der Waals surface area contributed by atoms with E-state index < -0.39 is 17.8 Å². The fraction of sp³-hybridized carbons (Fsp3) is 0.182. The van der Waals surface area contributed by atoms with Gasteiger partial charge in [0.25, 0.3) is 6.20 Å². The average Bonchev–Trinajstić information content (AvgIpc) is 3.21. The third-order valence-electron chi connectivity index (χ3n) is 4.84. The molecule has 0 amide bonds. The highest BCUT2D eigenvalue weighted by molar-refractivity contribution is 5.86. The third-order valence-corrected chi connectivity index (χ3v) is 4.84. The summed E-state index contributed by atoms with van der Waals surface area (Å²) in [5.74, 6) is -0.110. The molecule has 34 heavy (non-hydrogen) atoms. The first-order chi connectivity index (χ1) is 16.2. The lowest BCUT2D eigenvalue weighted by atomic mass is 10.0. The minimum Gasteiger partial charge on any atom is -0.846 e. The summed E-state index contributed by atoms with van der Waals surface area (Å²) < 4.78 is 44.8. The average molecular weight is 469 g/mol. The van der Waals surface area contributed by atoms with Crippen molar-refractivity contribution in [3.05, 3.63) is 77.8 Å². The quantitative estimate of drug-likeness (QED) is 0.271. The Morgan fingerprint density at radius 2 is 1.82 bits per heavy atom. The lowest BCUT2D eigenvalue weighted by Gasteiger charge is -2.13. The van der Waals surface area contributed by atoms with Gasteiger partial charge in [-0.1, -0.05) is 24.3 Å². The summed E-state index contributed by atoms with van der Waals surface area (Å²) in [6.45, 7) is 4.20. The Bertz CT molecular complexity index is 1310. The van der Waals surface area contributed by atoms with Crippen LogP contribution in [0.1, 0.15) is 22.5 Å². The van der Waals surface area contributed by atoms with E-state index in [1.54, 1.807) is 0 Å². The van der Waals surface area contributed by atoms with Crippen molar-refractivity contribution in [1.82, 2.24) is 20.2 Å². The predicted molar refractivity (Wildman–Crippen MR) is 113 cm³/mol. The highest BCUT2D eigenvalue weighted by atomic mass is 19.4. The van der Waals surface area contributed by atoms with Crippen molar-refractivity contribution in [3.8, 4) is 11.1 Å². The van der Waals surface area contributed by atoms with Crippen molar-refractivity contribution in [2.75, 3.05) is 5.32 Å². The van der Waals surface area contributed by atoms with Crippen molar-refractivity contribution in [3.63, 3.8) is 0 Å². The molecule has 0 bridgehead atoms. The highest BCUT2D eigenvalue weighted by Crippen LogP contribution is 2.30. The molecule has 0 unspecified atom stereocenters. The number of halogens is 3. The zero-order valence-electron chi connectivity index (χ0n) is 18.0. The van der Waals surface area contributed by atoms with Gasteiger partial charge in [0.05, 0.1) is 23.5 Å². The normalized spacial score (nSPS) is 12.1. The van der Waals surface area contributed by atoms with Crippen LogP contribution in [0.25, 0.3) is 11.1 Å². The molecular weight excluding hydrogens is 451 g/mol. The molecule has 3 heterocycles. The number of anilines is 1. The molecule has 0 fully saturated rings. The Morgan fingerprint density at radius 3 is 2.50 bits per heavy atom. The lowest BCUT2D eigenvalue weighted by Crippen LogP contribution is -2.35. The van der Waals surface area contributed by atoms with Crippen LogP contribution >= 0.6 is 0 Å². The van der Waals surface area contributed by atoms with Crippen LogP contribution in [0.3, 0.4) is 0 Å². The fourth-order valence-corrected chi connectivity index (χ4v) is 3.28. The maximum absolute atomic E-state index is 12.8. The topological polar surface area (TPSA) is 116 Å². The van der Waals surface area contributed by atoms with Crippen molar-refractivity contribution in [1.29, 1.82) is 0 Å². The van der Waals surface area contributed by atoms with E-state index in [4.69, 9.17) is 4.52 Å². The van der Waals surface area contributed by atoms with Gasteiger partial charge in [0.15, 0.2) is 0 Å². The second-order valence-corrected chi connectivity index (χ2v) is 7.36. The number of aliphatic imine (C=N–C) groups is 1. The van der Waals surface area contributed by atoms with Crippen LogP contribution in [0.15, 0.2) is 64.8 Å². The van der Waals surface area contributed by atoms with Gasteiger partial charge in [-0.2, -0.15) is 13.2 Å². The minimum atomic E-state index is -4.58. The summed E-state index contributed by atoms with van der Waals surface area (Å²) in [6, 6.07) is 7.59. The Balaban J connectivity index is 1.43. The molecule has 0 aliphatic carbocycles. The smallest absolute Gasteiger partial charge is 0.417 e. The number of rotatable bonds is 5. The minimum absolute atomic E-state index is 0.110. The summed E-state index contributed by atoms with van der Waals surface area (Å²) in [5, 5.41) is 18.1. The zero-order chi connectivity index (χ0) is 24.3. The second kappa shape index (κ2) is 9.25.